The number of nitrogens with zero attached hydrogens (tertiary/aromatic N) is 5. The van der Waals surface area contributed by atoms with Gasteiger partial charge in [0.1, 0.15) is 29.9 Å². The molecular weight excluding hydrogens is 397 g/mol. The third kappa shape index (κ3) is 3.20. The largest absolute Gasteiger partial charge is 0.340 e. The molecule has 0 unspecified atom stereocenters. The average Bonchev–Trinajstić information content (AvgIpc) is 3.28. The topological polar surface area (TPSA) is 105 Å². The number of fused-ring (bicyclic) bond motifs is 2. The van der Waals surface area contributed by atoms with Gasteiger partial charge in [-0.1, -0.05) is 31.2 Å². The van der Waals surface area contributed by atoms with E-state index < -0.39 is 17.4 Å². The Morgan fingerprint density at radius 2 is 2.03 bits per heavy atom. The zero-order valence-corrected chi connectivity index (χ0v) is 16.4. The van der Waals surface area contributed by atoms with E-state index in [4.69, 9.17) is 1.37 Å². The van der Waals surface area contributed by atoms with E-state index in [9.17, 15) is 10.6 Å². The summed E-state index contributed by atoms with van der Waals surface area (Å²) in [5.74, 6) is -0.684. The highest BCUT2D eigenvalue weighted by Gasteiger charge is 2.21. The molecule has 2 N–H and O–H groups in total. The van der Waals surface area contributed by atoms with E-state index in [2.05, 4.69) is 29.9 Å². The third-order valence-electron chi connectivity index (χ3n) is 4.89. The van der Waals surface area contributed by atoms with Crippen LogP contribution in [0.5, 0.6) is 0 Å². The number of benzene rings is 2. The Kier molecular flexibility index (Phi) is 4.08. The fraction of sp³-hybridized carbons (Fsp3) is 0.136. The monoisotopic (exact) mass is 417 g/mol. The molecule has 0 fully saturated rings. The Morgan fingerprint density at radius 3 is 2.84 bits per heavy atom. The van der Waals surface area contributed by atoms with Crippen molar-refractivity contribution in [2.45, 2.75) is 19.4 Å². The van der Waals surface area contributed by atoms with Crippen LogP contribution >= 0.6 is 0 Å². The smallest absolute Gasteiger partial charge is 0.269 e. The number of aromatic nitrogens is 6. The first-order chi connectivity index (χ1) is 15.9. The van der Waals surface area contributed by atoms with Gasteiger partial charge >= 0.3 is 0 Å². The quantitative estimate of drug-likeness (QED) is 0.469. The van der Waals surface area contributed by atoms with Crippen LogP contribution in [0.25, 0.3) is 27.8 Å². The number of imidazole rings is 1. The summed E-state index contributed by atoms with van der Waals surface area (Å²) in [6.07, 6.45) is 1.37. The van der Waals surface area contributed by atoms with Crippen molar-refractivity contribution in [2.75, 3.05) is 0 Å². The molecular formula is C22H18FN7O. The summed E-state index contributed by atoms with van der Waals surface area (Å²) in [5.41, 5.74) is 0.776. The second-order valence-corrected chi connectivity index (χ2v) is 6.76. The van der Waals surface area contributed by atoms with Crippen molar-refractivity contribution in [2.24, 2.45) is 4.99 Å². The van der Waals surface area contributed by atoms with E-state index >= 15 is 0 Å². The molecule has 0 aliphatic carbocycles. The van der Waals surface area contributed by atoms with Crippen molar-refractivity contribution >= 4 is 22.1 Å². The highest BCUT2D eigenvalue weighted by molar-refractivity contribution is 5.78. The van der Waals surface area contributed by atoms with Crippen LogP contribution in [-0.2, 0) is 0 Å². The fourth-order valence-electron chi connectivity index (χ4n) is 3.45. The summed E-state index contributed by atoms with van der Waals surface area (Å²) in [6.45, 7) is 1.73. The van der Waals surface area contributed by atoms with Crippen LogP contribution in [0.2, 0.25) is 0 Å². The fourth-order valence-corrected chi connectivity index (χ4v) is 3.45. The minimum absolute atomic E-state index is 0.00753. The van der Waals surface area contributed by atoms with Gasteiger partial charge in [-0.25, -0.2) is 19.3 Å². The van der Waals surface area contributed by atoms with Crippen molar-refractivity contribution in [3.63, 3.8) is 0 Å². The number of aromatic amines is 2. The predicted octanol–water partition coefficient (Wildman–Crippen LogP) is 3.18. The van der Waals surface area contributed by atoms with Crippen molar-refractivity contribution in [3.8, 4) is 5.69 Å². The van der Waals surface area contributed by atoms with Gasteiger partial charge in [-0.05, 0) is 30.7 Å². The van der Waals surface area contributed by atoms with Gasteiger partial charge in [0.25, 0.3) is 5.56 Å². The highest BCUT2D eigenvalue weighted by atomic mass is 19.1. The first kappa shape index (κ1) is 16.6. The number of para-hydroxylation sites is 1. The lowest BCUT2D eigenvalue weighted by Gasteiger charge is -2.18. The normalized spacial score (nSPS) is 15.1. The Bertz CT molecular complexity index is 1630. The molecule has 0 saturated heterocycles. The minimum atomic E-state index is -1.78. The van der Waals surface area contributed by atoms with E-state index in [1.165, 1.54) is 29.1 Å². The predicted molar refractivity (Wildman–Crippen MR) is 114 cm³/mol. The number of nitrogens with one attached hydrogen (secondary N) is 2. The van der Waals surface area contributed by atoms with E-state index in [0.29, 0.717) is 16.9 Å². The number of hydrogen-bond acceptors (Lipinski definition) is 5. The molecule has 0 radical (unpaired) electrons. The maximum Gasteiger partial charge on any atom is 0.269 e. The van der Waals surface area contributed by atoms with Crippen LogP contribution in [0.4, 0.5) is 4.39 Å². The molecule has 1 atom stereocenters. The Balaban J connectivity index is 1.90. The van der Waals surface area contributed by atoms with Crippen LogP contribution in [0.3, 0.4) is 0 Å². The van der Waals surface area contributed by atoms with Gasteiger partial charge in [0.2, 0.25) is 0 Å². The summed E-state index contributed by atoms with van der Waals surface area (Å²) in [5, 5.41) is -0.166. The Labute approximate surface area is 178 Å². The number of rotatable bonds is 4. The van der Waals surface area contributed by atoms with Crippen LogP contribution in [0.15, 0.2) is 70.9 Å². The Morgan fingerprint density at radius 1 is 1.19 bits per heavy atom. The van der Waals surface area contributed by atoms with Gasteiger partial charge in [-0.3, -0.25) is 14.4 Å². The zero-order valence-electron chi connectivity index (χ0n) is 18.4. The van der Waals surface area contributed by atoms with Crippen LogP contribution in [-0.4, -0.2) is 29.5 Å². The molecule has 154 valence electrons. The molecule has 5 rings (SSSR count). The van der Waals surface area contributed by atoms with Gasteiger partial charge in [-0.15, -0.1) is 0 Å². The third-order valence-corrected chi connectivity index (χ3v) is 4.89. The summed E-state index contributed by atoms with van der Waals surface area (Å²) in [4.78, 5) is 36.4. The van der Waals surface area contributed by atoms with Gasteiger partial charge in [0, 0.05) is 0 Å². The first-order valence-electron chi connectivity index (χ1n) is 10.6. The molecule has 3 heterocycles. The molecule has 0 spiro atoms. The lowest BCUT2D eigenvalue weighted by Crippen LogP contribution is -2.27. The zero-order chi connectivity index (χ0) is 23.2. The van der Waals surface area contributed by atoms with Crippen molar-refractivity contribution < 1.29 is 7.13 Å². The SMILES string of the molecule is [2H]c1nc(=N[C@@]([2H])(CC)c2nc3cccc(F)c3c(=O)n2-c2ccccc2)c2[nH]cnc2[nH]1. The van der Waals surface area contributed by atoms with E-state index in [1.807, 2.05) is 0 Å². The molecule has 9 heteroatoms. The van der Waals surface area contributed by atoms with Crippen molar-refractivity contribution in [1.82, 2.24) is 29.5 Å². The lowest BCUT2D eigenvalue weighted by molar-refractivity contribution is 0.603. The maximum absolute atomic E-state index is 14.6. The average molecular weight is 417 g/mol. The maximum atomic E-state index is 14.6. The first-order valence-corrected chi connectivity index (χ1v) is 9.64. The van der Waals surface area contributed by atoms with Crippen molar-refractivity contribution in [3.05, 3.63) is 88.6 Å². The second-order valence-electron chi connectivity index (χ2n) is 6.76. The Hall–Kier alpha value is -4.14. The van der Waals surface area contributed by atoms with E-state index in [0.717, 1.165) is 0 Å². The molecule has 31 heavy (non-hydrogen) atoms. The molecule has 0 aliphatic rings. The molecule has 0 aliphatic heterocycles. The summed E-state index contributed by atoms with van der Waals surface area (Å²) in [6, 6.07) is 11.0. The molecule has 5 aromatic rings. The van der Waals surface area contributed by atoms with Gasteiger partial charge < -0.3 is 9.97 Å². The minimum Gasteiger partial charge on any atom is -0.340 e. The molecule has 0 saturated carbocycles. The highest BCUT2D eigenvalue weighted by Crippen LogP contribution is 2.23. The van der Waals surface area contributed by atoms with Crippen LogP contribution < -0.4 is 11.0 Å². The molecule has 8 nitrogen and oxygen atoms in total. The summed E-state index contributed by atoms with van der Waals surface area (Å²) in [7, 11) is 0. The molecule has 0 bridgehead atoms. The standard InChI is InChI=1S/C22H18FN7O/c1-2-15(28-20-18-19(25-11-24-18)26-12-27-20)21-29-16-10-6-9-14(23)17(16)22(31)30(21)13-7-4-3-5-8-13/h3-12,15H,2H2,1H3,(H2,24,25,26,27,28)/t15-/m0/s1/i12D,15D. The lowest BCUT2D eigenvalue weighted by atomic mass is 10.1. The van der Waals surface area contributed by atoms with Gasteiger partial charge in [0.05, 0.1) is 25.2 Å². The number of H-pyrrole nitrogens is 2. The van der Waals surface area contributed by atoms with Gasteiger partial charge in [-0.2, -0.15) is 0 Å². The van der Waals surface area contributed by atoms with Crippen molar-refractivity contribution in [1.29, 1.82) is 0 Å². The number of halogens is 1. The second kappa shape index (κ2) is 7.60. The van der Waals surface area contributed by atoms with E-state index in [1.54, 1.807) is 37.3 Å². The van der Waals surface area contributed by atoms with Gasteiger partial charge in [0.15, 0.2) is 11.1 Å². The molecule has 2 aromatic carbocycles. The van der Waals surface area contributed by atoms with Crippen LogP contribution in [0.1, 0.15) is 27.9 Å². The summed E-state index contributed by atoms with van der Waals surface area (Å²) < 4.78 is 33.0. The molecule has 0 amide bonds. The molecule has 3 aromatic heterocycles. The summed E-state index contributed by atoms with van der Waals surface area (Å²) >= 11 is 0. The van der Waals surface area contributed by atoms with E-state index in [-0.39, 0.29) is 34.9 Å². The van der Waals surface area contributed by atoms with Crippen LogP contribution in [0, 0.1) is 5.82 Å². The number of hydrogen-bond donors (Lipinski definition) is 2.